The third-order valence-electron chi connectivity index (χ3n) is 4.70. The largest absolute Gasteiger partial charge is 0.445 e. The molecule has 116 valence electrons. The summed E-state index contributed by atoms with van der Waals surface area (Å²) in [5.74, 6) is 0. The van der Waals surface area contributed by atoms with Gasteiger partial charge in [-0.05, 0) is 5.56 Å². The number of aliphatic hydroxyl groups excluding tert-OH is 2. The minimum Gasteiger partial charge on any atom is -0.445 e. The SMILES string of the molecule is C[C@]1(CO)CN(C(=O)OCc2ccccc2)C[C@@]1(C)CO. The van der Waals surface area contributed by atoms with Crippen molar-refractivity contribution >= 4 is 6.09 Å². The van der Waals surface area contributed by atoms with Crippen LogP contribution >= 0.6 is 0 Å². The summed E-state index contributed by atoms with van der Waals surface area (Å²) in [7, 11) is 0. The average Bonchev–Trinajstić information content (AvgIpc) is 2.79. The topological polar surface area (TPSA) is 70.0 Å². The summed E-state index contributed by atoms with van der Waals surface area (Å²) in [5.41, 5.74) is -0.110. The van der Waals surface area contributed by atoms with E-state index in [1.807, 2.05) is 44.2 Å². The molecule has 1 saturated heterocycles. The second-order valence-electron chi connectivity index (χ2n) is 6.33. The van der Waals surface area contributed by atoms with E-state index in [0.717, 1.165) is 5.56 Å². The quantitative estimate of drug-likeness (QED) is 0.885. The van der Waals surface area contributed by atoms with Gasteiger partial charge in [0.1, 0.15) is 6.61 Å². The van der Waals surface area contributed by atoms with E-state index in [-0.39, 0.29) is 19.8 Å². The Bertz CT molecular complexity index is 474. The Labute approximate surface area is 125 Å². The number of ether oxygens (including phenoxy) is 1. The summed E-state index contributed by atoms with van der Waals surface area (Å²) < 4.78 is 5.31. The van der Waals surface area contributed by atoms with Gasteiger partial charge in [-0.25, -0.2) is 4.79 Å². The first-order chi connectivity index (χ1) is 9.94. The molecular weight excluding hydrogens is 270 g/mol. The summed E-state index contributed by atoms with van der Waals surface area (Å²) in [4.78, 5) is 13.7. The standard InChI is InChI=1S/C16H23NO4/c1-15(11-18)9-17(10-16(15,2)12-19)14(20)21-8-13-6-4-3-5-7-13/h3-7,18-19H,8-12H2,1-2H3/t15-,16+. The van der Waals surface area contributed by atoms with Crippen LogP contribution in [0.15, 0.2) is 30.3 Å². The first-order valence-corrected chi connectivity index (χ1v) is 7.11. The summed E-state index contributed by atoms with van der Waals surface area (Å²) in [6, 6.07) is 9.49. The minimum atomic E-state index is -0.520. The summed E-state index contributed by atoms with van der Waals surface area (Å²) >= 11 is 0. The molecule has 0 saturated carbocycles. The van der Waals surface area contributed by atoms with Crippen LogP contribution in [-0.2, 0) is 11.3 Å². The fraction of sp³-hybridized carbons (Fsp3) is 0.562. The number of rotatable bonds is 4. The molecule has 1 aromatic carbocycles. The molecule has 1 aromatic rings. The van der Waals surface area contributed by atoms with Crippen molar-refractivity contribution in [3.8, 4) is 0 Å². The van der Waals surface area contributed by atoms with Crippen molar-refractivity contribution in [3.05, 3.63) is 35.9 Å². The average molecular weight is 293 g/mol. The van der Waals surface area contributed by atoms with Gasteiger partial charge in [0.15, 0.2) is 0 Å². The minimum absolute atomic E-state index is 0.0769. The molecule has 0 aliphatic carbocycles. The number of hydrogen-bond acceptors (Lipinski definition) is 4. The van der Waals surface area contributed by atoms with E-state index in [9.17, 15) is 15.0 Å². The second-order valence-corrected chi connectivity index (χ2v) is 6.33. The third-order valence-corrected chi connectivity index (χ3v) is 4.70. The molecule has 1 aliphatic heterocycles. The fourth-order valence-corrected chi connectivity index (χ4v) is 2.70. The number of likely N-dealkylation sites (tertiary alicyclic amines) is 1. The lowest BCUT2D eigenvalue weighted by molar-refractivity contribution is 0.00976. The van der Waals surface area contributed by atoms with Crippen LogP contribution < -0.4 is 0 Å². The molecule has 5 heteroatoms. The van der Waals surface area contributed by atoms with Gasteiger partial charge in [0, 0.05) is 23.9 Å². The maximum Gasteiger partial charge on any atom is 0.410 e. The Morgan fingerprint density at radius 1 is 1.14 bits per heavy atom. The van der Waals surface area contributed by atoms with Gasteiger partial charge >= 0.3 is 6.09 Å². The zero-order valence-corrected chi connectivity index (χ0v) is 12.6. The van der Waals surface area contributed by atoms with Crippen molar-refractivity contribution in [1.82, 2.24) is 4.90 Å². The first kappa shape index (κ1) is 15.8. The molecule has 1 heterocycles. The van der Waals surface area contributed by atoms with Crippen LogP contribution in [0.1, 0.15) is 19.4 Å². The molecule has 2 rings (SSSR count). The van der Waals surface area contributed by atoms with Gasteiger partial charge in [-0.2, -0.15) is 0 Å². The molecule has 0 aromatic heterocycles. The maximum atomic E-state index is 12.2. The summed E-state index contributed by atoms with van der Waals surface area (Å²) in [6.07, 6.45) is -0.407. The first-order valence-electron chi connectivity index (χ1n) is 7.11. The molecule has 0 spiro atoms. The highest BCUT2D eigenvalue weighted by Gasteiger charge is 2.53. The van der Waals surface area contributed by atoms with Crippen LogP contribution in [0, 0.1) is 10.8 Å². The summed E-state index contributed by atoms with van der Waals surface area (Å²) in [6.45, 7) is 4.60. The van der Waals surface area contributed by atoms with Crippen molar-refractivity contribution in [1.29, 1.82) is 0 Å². The normalized spacial score (nSPS) is 28.7. The Hall–Kier alpha value is -1.59. The predicted octanol–water partition coefficient (Wildman–Crippen LogP) is 1.64. The lowest BCUT2D eigenvalue weighted by atomic mass is 9.69. The number of carbonyl (C=O) groups is 1. The molecule has 2 N–H and O–H groups in total. The number of hydrogen-bond donors (Lipinski definition) is 2. The van der Waals surface area contributed by atoms with Crippen molar-refractivity contribution in [3.63, 3.8) is 0 Å². The second kappa shape index (κ2) is 6.03. The number of aliphatic hydroxyl groups is 2. The zero-order chi connectivity index (χ0) is 15.5. The number of nitrogens with zero attached hydrogens (tertiary/aromatic N) is 1. The van der Waals surface area contributed by atoms with Crippen LogP contribution in [0.4, 0.5) is 4.79 Å². The maximum absolute atomic E-state index is 12.2. The van der Waals surface area contributed by atoms with Crippen LogP contribution in [-0.4, -0.2) is 47.5 Å². The zero-order valence-electron chi connectivity index (χ0n) is 12.6. The van der Waals surface area contributed by atoms with Crippen molar-refractivity contribution < 1.29 is 19.7 Å². The van der Waals surface area contributed by atoms with Gasteiger partial charge in [0.2, 0.25) is 0 Å². The molecule has 0 unspecified atom stereocenters. The van der Waals surface area contributed by atoms with Gasteiger partial charge in [-0.1, -0.05) is 44.2 Å². The van der Waals surface area contributed by atoms with E-state index in [1.54, 1.807) is 4.90 Å². The van der Waals surface area contributed by atoms with Gasteiger partial charge in [-0.15, -0.1) is 0 Å². The highest BCUT2D eigenvalue weighted by atomic mass is 16.6. The predicted molar refractivity (Wildman–Crippen MR) is 78.6 cm³/mol. The van der Waals surface area contributed by atoms with E-state index in [2.05, 4.69) is 0 Å². The van der Waals surface area contributed by atoms with E-state index in [4.69, 9.17) is 4.74 Å². The monoisotopic (exact) mass is 293 g/mol. The van der Waals surface area contributed by atoms with Crippen molar-refractivity contribution in [2.75, 3.05) is 26.3 Å². The summed E-state index contributed by atoms with van der Waals surface area (Å²) in [5, 5.41) is 19.2. The van der Waals surface area contributed by atoms with Gasteiger partial charge in [-0.3, -0.25) is 0 Å². The Balaban J connectivity index is 1.98. The molecule has 0 bridgehead atoms. The molecule has 2 atom stereocenters. The lowest BCUT2D eigenvalue weighted by Gasteiger charge is -2.36. The van der Waals surface area contributed by atoms with Crippen LogP contribution in [0.5, 0.6) is 0 Å². The highest BCUT2D eigenvalue weighted by Crippen LogP contribution is 2.45. The Morgan fingerprint density at radius 3 is 2.14 bits per heavy atom. The van der Waals surface area contributed by atoms with Crippen LogP contribution in [0.2, 0.25) is 0 Å². The van der Waals surface area contributed by atoms with Crippen molar-refractivity contribution in [2.24, 2.45) is 10.8 Å². The van der Waals surface area contributed by atoms with Gasteiger partial charge in [0.25, 0.3) is 0 Å². The third kappa shape index (κ3) is 3.04. The number of carbonyl (C=O) groups excluding carboxylic acids is 1. The number of amides is 1. The van der Waals surface area contributed by atoms with E-state index >= 15 is 0 Å². The molecule has 1 fully saturated rings. The fourth-order valence-electron chi connectivity index (χ4n) is 2.70. The van der Waals surface area contributed by atoms with E-state index in [0.29, 0.717) is 13.1 Å². The Morgan fingerprint density at radius 2 is 1.67 bits per heavy atom. The van der Waals surface area contributed by atoms with Crippen LogP contribution in [0.3, 0.4) is 0 Å². The number of benzene rings is 1. The molecule has 5 nitrogen and oxygen atoms in total. The van der Waals surface area contributed by atoms with Gasteiger partial charge in [0.05, 0.1) is 13.2 Å². The molecule has 0 radical (unpaired) electrons. The van der Waals surface area contributed by atoms with Gasteiger partial charge < -0.3 is 19.8 Å². The molecule has 1 aliphatic rings. The smallest absolute Gasteiger partial charge is 0.410 e. The lowest BCUT2D eigenvalue weighted by Crippen LogP contribution is -2.41. The van der Waals surface area contributed by atoms with Crippen LogP contribution in [0.25, 0.3) is 0 Å². The van der Waals surface area contributed by atoms with E-state index < -0.39 is 16.9 Å². The molecule has 1 amide bonds. The highest BCUT2D eigenvalue weighted by molar-refractivity contribution is 5.68. The molecular formula is C16H23NO4. The molecule has 21 heavy (non-hydrogen) atoms. The van der Waals surface area contributed by atoms with Crippen molar-refractivity contribution in [2.45, 2.75) is 20.5 Å². The van der Waals surface area contributed by atoms with E-state index in [1.165, 1.54) is 0 Å². The Kier molecular flexibility index (Phi) is 4.54.